The number of aryl methyl sites for hydroxylation is 1. The van der Waals surface area contributed by atoms with Gasteiger partial charge in [0.2, 0.25) is 15.9 Å². The molecule has 1 atom stereocenters. The van der Waals surface area contributed by atoms with Crippen LogP contribution < -0.4 is 4.72 Å². The molecule has 1 N–H and O–H groups in total. The van der Waals surface area contributed by atoms with Gasteiger partial charge < -0.3 is 9.80 Å². The summed E-state index contributed by atoms with van der Waals surface area (Å²) in [4.78, 5) is 17.8. The van der Waals surface area contributed by atoms with Gasteiger partial charge in [-0.1, -0.05) is 24.3 Å². The number of nitrogens with zero attached hydrogens (tertiary/aromatic N) is 2. The summed E-state index contributed by atoms with van der Waals surface area (Å²) >= 11 is 5.83. The summed E-state index contributed by atoms with van der Waals surface area (Å²) in [5.74, 6) is 0.463. The number of fused-ring (bicyclic) bond motifs is 1. The monoisotopic (exact) mass is 491 g/mol. The van der Waals surface area contributed by atoms with E-state index in [1.54, 1.807) is 12.1 Å². The number of carbonyl (C=O) groups excluding carboxylic acids is 1. The number of piperidine rings is 2. The molecule has 0 saturated carbocycles. The normalized spacial score (nSPS) is 21.3. The Balaban J connectivity index is 1.46. The molecule has 1 unspecified atom stereocenters. The third-order valence-electron chi connectivity index (χ3n) is 7.01. The molecular formula is C25H34ClN3O3S. The minimum Gasteiger partial charge on any atom is -0.338 e. The summed E-state index contributed by atoms with van der Waals surface area (Å²) in [6, 6.07) is 11.0. The van der Waals surface area contributed by atoms with E-state index in [9.17, 15) is 13.2 Å². The lowest BCUT2D eigenvalue weighted by atomic mass is 9.97. The number of hydrogen-bond acceptors (Lipinski definition) is 4. The lowest BCUT2D eigenvalue weighted by molar-refractivity contribution is -0.139. The van der Waals surface area contributed by atoms with Crippen LogP contribution >= 0.6 is 11.6 Å². The number of nitrogens with one attached hydrogen (secondary N) is 1. The van der Waals surface area contributed by atoms with Crippen molar-refractivity contribution in [1.82, 2.24) is 14.5 Å². The Morgan fingerprint density at radius 3 is 2.42 bits per heavy atom. The molecule has 6 nitrogen and oxygen atoms in total. The first kappa shape index (κ1) is 24.5. The van der Waals surface area contributed by atoms with Gasteiger partial charge in [0.25, 0.3) is 0 Å². The fourth-order valence-electron chi connectivity index (χ4n) is 5.05. The first-order chi connectivity index (χ1) is 15.8. The number of sulfonamides is 1. The highest BCUT2D eigenvalue weighted by Gasteiger charge is 2.37. The second-order valence-electron chi connectivity index (χ2n) is 9.49. The fraction of sp³-hybridized carbons (Fsp3) is 0.560. The molecule has 0 aromatic heterocycles. The largest absolute Gasteiger partial charge is 0.338 e. The number of halogens is 1. The second-order valence-corrected chi connectivity index (χ2v) is 11.6. The molecule has 8 heteroatoms. The molecule has 2 aromatic carbocycles. The average molecular weight is 492 g/mol. The molecule has 2 aromatic rings. The van der Waals surface area contributed by atoms with Crippen LogP contribution in [0.3, 0.4) is 0 Å². The van der Waals surface area contributed by atoms with Gasteiger partial charge in [0, 0.05) is 37.6 Å². The Labute approximate surface area is 202 Å². The fourth-order valence-corrected chi connectivity index (χ4v) is 6.52. The Morgan fingerprint density at radius 2 is 1.73 bits per heavy atom. The van der Waals surface area contributed by atoms with Crippen molar-refractivity contribution < 1.29 is 13.2 Å². The lowest BCUT2D eigenvalue weighted by Crippen LogP contribution is -2.57. The molecule has 2 heterocycles. The van der Waals surface area contributed by atoms with E-state index in [4.69, 9.17) is 11.6 Å². The summed E-state index contributed by atoms with van der Waals surface area (Å²) < 4.78 is 29.0. The van der Waals surface area contributed by atoms with E-state index >= 15 is 0 Å². The minimum atomic E-state index is -3.81. The third kappa shape index (κ3) is 5.53. The van der Waals surface area contributed by atoms with Crippen molar-refractivity contribution in [3.05, 3.63) is 42.0 Å². The van der Waals surface area contributed by atoms with Gasteiger partial charge in [-0.2, -0.15) is 4.72 Å². The van der Waals surface area contributed by atoms with Crippen molar-refractivity contribution >= 4 is 38.3 Å². The molecule has 2 aliphatic heterocycles. The van der Waals surface area contributed by atoms with Gasteiger partial charge in [-0.25, -0.2) is 8.42 Å². The number of likely N-dealkylation sites (tertiary alicyclic amines) is 2. The van der Waals surface area contributed by atoms with Crippen LogP contribution in [0.4, 0.5) is 0 Å². The van der Waals surface area contributed by atoms with Gasteiger partial charge in [-0.3, -0.25) is 4.79 Å². The highest BCUT2D eigenvalue weighted by Crippen LogP contribution is 2.25. The van der Waals surface area contributed by atoms with Gasteiger partial charge >= 0.3 is 0 Å². The van der Waals surface area contributed by atoms with E-state index in [-0.39, 0.29) is 16.8 Å². The van der Waals surface area contributed by atoms with E-state index in [0.29, 0.717) is 24.9 Å². The number of benzene rings is 2. The van der Waals surface area contributed by atoms with E-state index in [1.807, 2.05) is 29.2 Å². The molecule has 0 spiro atoms. The summed E-state index contributed by atoms with van der Waals surface area (Å²) in [5, 5.41) is 1.83. The molecule has 0 aliphatic carbocycles. The van der Waals surface area contributed by atoms with Crippen molar-refractivity contribution in [1.29, 1.82) is 0 Å². The predicted molar refractivity (Wildman–Crippen MR) is 133 cm³/mol. The number of alkyl halides is 1. The first-order valence-electron chi connectivity index (χ1n) is 11.9. The molecule has 4 rings (SSSR count). The van der Waals surface area contributed by atoms with Crippen LogP contribution in [0.25, 0.3) is 10.8 Å². The van der Waals surface area contributed by atoms with Crippen LogP contribution in [-0.4, -0.2) is 67.8 Å². The van der Waals surface area contributed by atoms with Gasteiger partial charge in [-0.15, -0.1) is 11.6 Å². The van der Waals surface area contributed by atoms with Crippen LogP contribution in [0.5, 0.6) is 0 Å². The number of amides is 1. The van der Waals surface area contributed by atoms with Crippen molar-refractivity contribution in [2.24, 2.45) is 0 Å². The summed E-state index contributed by atoms with van der Waals surface area (Å²) in [5.41, 5.74) is 1.12. The van der Waals surface area contributed by atoms with Crippen LogP contribution in [0.15, 0.2) is 41.3 Å². The van der Waals surface area contributed by atoms with Crippen molar-refractivity contribution in [2.45, 2.75) is 69.0 Å². The molecule has 2 saturated heterocycles. The topological polar surface area (TPSA) is 69.7 Å². The SMILES string of the molecule is CC(C)N1CCC(N2CCCC(NS(=O)(=O)c3ccc4cc(CCCl)ccc4c3)C2=O)CC1. The van der Waals surface area contributed by atoms with Crippen molar-refractivity contribution in [2.75, 3.05) is 25.5 Å². The average Bonchev–Trinajstić information content (AvgIpc) is 2.80. The first-order valence-corrected chi connectivity index (χ1v) is 14.0. The van der Waals surface area contributed by atoms with Gasteiger partial charge in [0.05, 0.1) is 4.90 Å². The second kappa shape index (κ2) is 10.3. The number of carbonyl (C=O) groups is 1. The van der Waals surface area contributed by atoms with Crippen LogP contribution in [0, 0.1) is 0 Å². The molecule has 2 fully saturated rings. The van der Waals surface area contributed by atoms with E-state index in [1.165, 1.54) is 0 Å². The molecule has 180 valence electrons. The number of rotatable bonds is 7. The highest BCUT2D eigenvalue weighted by atomic mass is 35.5. The Bertz CT molecular complexity index is 1100. The standard InChI is InChI=1S/C25H34ClN3O3S/c1-18(2)28-14-10-22(11-15-28)29-13-3-4-24(25(29)30)27-33(31,32)23-8-7-20-16-19(9-12-26)5-6-21(20)17-23/h5-8,16-18,22,24,27H,3-4,9-15H2,1-2H3. The Hall–Kier alpha value is -1.67. The lowest BCUT2D eigenvalue weighted by Gasteiger charge is -2.43. The van der Waals surface area contributed by atoms with E-state index < -0.39 is 16.1 Å². The Kier molecular flexibility index (Phi) is 7.63. The van der Waals surface area contributed by atoms with Gasteiger partial charge in [-0.05, 0) is 74.4 Å². The van der Waals surface area contributed by atoms with E-state index in [0.717, 1.165) is 55.1 Å². The van der Waals surface area contributed by atoms with E-state index in [2.05, 4.69) is 23.5 Å². The smallest absolute Gasteiger partial charge is 0.241 e. The number of hydrogen-bond donors (Lipinski definition) is 1. The summed E-state index contributed by atoms with van der Waals surface area (Å²) in [6.45, 7) is 7.06. The maximum Gasteiger partial charge on any atom is 0.241 e. The van der Waals surface area contributed by atoms with Crippen LogP contribution in [0.1, 0.15) is 45.1 Å². The van der Waals surface area contributed by atoms with Gasteiger partial charge in [0.1, 0.15) is 6.04 Å². The summed E-state index contributed by atoms with van der Waals surface area (Å²) in [7, 11) is -3.81. The molecular weight excluding hydrogens is 458 g/mol. The van der Waals surface area contributed by atoms with Crippen LogP contribution in [0.2, 0.25) is 0 Å². The van der Waals surface area contributed by atoms with Crippen molar-refractivity contribution in [3.8, 4) is 0 Å². The zero-order valence-corrected chi connectivity index (χ0v) is 21.0. The zero-order chi connectivity index (χ0) is 23.6. The predicted octanol–water partition coefficient (Wildman–Crippen LogP) is 3.76. The van der Waals surface area contributed by atoms with Crippen molar-refractivity contribution in [3.63, 3.8) is 0 Å². The molecule has 33 heavy (non-hydrogen) atoms. The maximum atomic E-state index is 13.2. The summed E-state index contributed by atoms with van der Waals surface area (Å²) in [6.07, 6.45) is 4.01. The highest BCUT2D eigenvalue weighted by molar-refractivity contribution is 7.89. The molecule has 2 aliphatic rings. The maximum absolute atomic E-state index is 13.2. The Morgan fingerprint density at radius 1 is 1.03 bits per heavy atom. The minimum absolute atomic E-state index is 0.0840. The molecule has 0 radical (unpaired) electrons. The zero-order valence-electron chi connectivity index (χ0n) is 19.5. The third-order valence-corrected chi connectivity index (χ3v) is 8.67. The molecule has 0 bridgehead atoms. The molecule has 1 amide bonds. The van der Waals surface area contributed by atoms with Gasteiger partial charge in [0.15, 0.2) is 0 Å². The quantitative estimate of drug-likeness (QED) is 0.599. The van der Waals surface area contributed by atoms with Crippen LogP contribution in [-0.2, 0) is 21.2 Å².